The van der Waals surface area contributed by atoms with E-state index in [1.807, 2.05) is 12.1 Å². The van der Waals surface area contributed by atoms with Crippen LogP contribution < -0.4 is 5.32 Å². The maximum Gasteiger partial charge on any atom is 0.277 e. The van der Waals surface area contributed by atoms with Crippen LogP contribution in [0.3, 0.4) is 0 Å². The number of thioether (sulfide) groups is 1. The molecule has 0 saturated heterocycles. The Balaban J connectivity index is 1.61. The Morgan fingerprint density at radius 1 is 1.12 bits per heavy atom. The van der Waals surface area contributed by atoms with E-state index in [-0.39, 0.29) is 17.4 Å². The summed E-state index contributed by atoms with van der Waals surface area (Å²) in [4.78, 5) is 23.3. The Morgan fingerprint density at radius 2 is 1.85 bits per heavy atom. The lowest BCUT2D eigenvalue weighted by Gasteiger charge is -2.03. The summed E-state index contributed by atoms with van der Waals surface area (Å²) in [5.41, 5.74) is 1.83. The molecule has 0 aliphatic heterocycles. The van der Waals surface area contributed by atoms with Crippen LogP contribution in [0.4, 0.5) is 5.69 Å². The number of rotatable bonds is 6. The number of halogens is 1. The van der Waals surface area contributed by atoms with Crippen LogP contribution in [0.2, 0.25) is 5.02 Å². The van der Waals surface area contributed by atoms with E-state index in [1.165, 1.54) is 6.92 Å². The number of hydrogen-bond acceptors (Lipinski definition) is 6. The minimum absolute atomic E-state index is 0.0816. The largest absolute Gasteiger partial charge is 0.411 e. The second-order valence-corrected chi connectivity index (χ2v) is 6.66. The molecule has 1 N–H and O–H groups in total. The van der Waals surface area contributed by atoms with E-state index in [9.17, 15) is 9.59 Å². The summed E-state index contributed by atoms with van der Waals surface area (Å²) in [6, 6.07) is 13.9. The van der Waals surface area contributed by atoms with E-state index < -0.39 is 0 Å². The molecule has 0 radical (unpaired) electrons. The Bertz CT molecular complexity index is 941. The van der Waals surface area contributed by atoms with Crippen LogP contribution >= 0.6 is 23.4 Å². The highest BCUT2D eigenvalue weighted by atomic mass is 35.5. The molecule has 0 atom stereocenters. The van der Waals surface area contributed by atoms with E-state index in [1.54, 1.807) is 36.4 Å². The van der Waals surface area contributed by atoms with Gasteiger partial charge in [0.05, 0.1) is 16.3 Å². The second-order valence-electron chi connectivity index (χ2n) is 5.32. The Labute approximate surface area is 159 Å². The third kappa shape index (κ3) is 4.50. The highest BCUT2D eigenvalue weighted by molar-refractivity contribution is 7.99. The van der Waals surface area contributed by atoms with E-state index >= 15 is 0 Å². The topological polar surface area (TPSA) is 85.1 Å². The third-order valence-corrected chi connectivity index (χ3v) is 4.51. The fraction of sp³-hybridized carbons (Fsp3) is 0.111. The van der Waals surface area contributed by atoms with Crippen LogP contribution in [-0.2, 0) is 4.79 Å². The predicted molar refractivity (Wildman–Crippen MR) is 101 cm³/mol. The van der Waals surface area contributed by atoms with Crippen molar-refractivity contribution < 1.29 is 14.0 Å². The summed E-state index contributed by atoms with van der Waals surface area (Å²) in [6.45, 7) is 1.43. The molecule has 3 rings (SSSR count). The van der Waals surface area contributed by atoms with Crippen LogP contribution in [0, 0.1) is 0 Å². The standard InChI is InChI=1S/C18H14ClN3O3S/c1-11(23)20-13-8-6-12(7-9-13)16(24)10-26-18-22-21-17(25-18)14-4-2-3-5-15(14)19/h2-9H,10H2,1H3,(H,20,23). The first-order valence-electron chi connectivity index (χ1n) is 7.65. The number of nitrogens with zero attached hydrogens (tertiary/aromatic N) is 2. The Kier molecular flexibility index (Phi) is 5.70. The van der Waals surface area contributed by atoms with Gasteiger partial charge in [0.1, 0.15) is 0 Å². The first kappa shape index (κ1) is 18.2. The maximum absolute atomic E-state index is 12.3. The van der Waals surface area contributed by atoms with E-state index in [0.717, 1.165) is 11.8 Å². The Morgan fingerprint density at radius 3 is 2.54 bits per heavy atom. The normalized spacial score (nSPS) is 10.5. The molecular weight excluding hydrogens is 374 g/mol. The molecule has 3 aromatic rings. The van der Waals surface area contributed by atoms with Crippen molar-refractivity contribution in [3.63, 3.8) is 0 Å². The minimum atomic E-state index is -0.162. The molecule has 0 fully saturated rings. The molecule has 0 unspecified atom stereocenters. The molecule has 0 spiro atoms. The van der Waals surface area contributed by atoms with Crippen LogP contribution in [0.1, 0.15) is 17.3 Å². The molecule has 1 aromatic heterocycles. The van der Waals surface area contributed by atoms with Gasteiger partial charge in [-0.1, -0.05) is 35.5 Å². The van der Waals surface area contributed by atoms with Gasteiger partial charge in [-0.2, -0.15) is 0 Å². The van der Waals surface area contributed by atoms with Gasteiger partial charge in [0.25, 0.3) is 5.22 Å². The van der Waals surface area contributed by atoms with Gasteiger partial charge >= 0.3 is 0 Å². The van der Waals surface area contributed by atoms with Crippen molar-refractivity contribution in [2.45, 2.75) is 12.1 Å². The fourth-order valence-corrected chi connectivity index (χ4v) is 3.04. The molecule has 8 heteroatoms. The summed E-state index contributed by atoms with van der Waals surface area (Å²) in [5.74, 6) is 0.223. The summed E-state index contributed by atoms with van der Waals surface area (Å²) < 4.78 is 5.56. The average molecular weight is 388 g/mol. The first-order chi connectivity index (χ1) is 12.5. The van der Waals surface area contributed by atoms with Crippen LogP contribution in [0.25, 0.3) is 11.5 Å². The number of benzene rings is 2. The zero-order valence-electron chi connectivity index (χ0n) is 13.7. The molecule has 26 heavy (non-hydrogen) atoms. The molecule has 1 amide bonds. The quantitative estimate of drug-likeness (QED) is 0.500. The number of nitrogens with one attached hydrogen (secondary N) is 1. The number of ketones is 1. The second kappa shape index (κ2) is 8.16. The number of carbonyl (C=O) groups excluding carboxylic acids is 2. The molecule has 132 valence electrons. The third-order valence-electron chi connectivity index (χ3n) is 3.36. The SMILES string of the molecule is CC(=O)Nc1ccc(C(=O)CSc2nnc(-c3ccccc3Cl)o2)cc1. The van der Waals surface area contributed by atoms with Crippen molar-refractivity contribution in [2.24, 2.45) is 0 Å². The molecule has 0 saturated carbocycles. The van der Waals surface area contributed by atoms with Crippen molar-refractivity contribution in [3.8, 4) is 11.5 Å². The highest BCUT2D eigenvalue weighted by Gasteiger charge is 2.14. The van der Waals surface area contributed by atoms with Crippen molar-refractivity contribution >= 4 is 40.7 Å². The zero-order chi connectivity index (χ0) is 18.5. The molecule has 0 bridgehead atoms. The average Bonchev–Trinajstić information content (AvgIpc) is 3.09. The smallest absolute Gasteiger partial charge is 0.277 e. The molecule has 1 heterocycles. The van der Waals surface area contributed by atoms with Gasteiger partial charge in [-0.3, -0.25) is 9.59 Å². The molecule has 6 nitrogen and oxygen atoms in total. The van der Waals surface area contributed by atoms with Crippen LogP contribution in [-0.4, -0.2) is 27.6 Å². The van der Waals surface area contributed by atoms with Crippen LogP contribution in [0.5, 0.6) is 0 Å². The van der Waals surface area contributed by atoms with Gasteiger partial charge in [-0.15, -0.1) is 10.2 Å². The van der Waals surface area contributed by atoms with E-state index in [4.69, 9.17) is 16.0 Å². The first-order valence-corrected chi connectivity index (χ1v) is 9.01. The fourth-order valence-electron chi connectivity index (χ4n) is 2.16. The predicted octanol–water partition coefficient (Wildman–Crippen LogP) is 4.32. The minimum Gasteiger partial charge on any atom is -0.411 e. The maximum atomic E-state index is 12.3. The number of amides is 1. The molecular formula is C18H14ClN3O3S. The van der Waals surface area contributed by atoms with Gasteiger partial charge in [0, 0.05) is 18.2 Å². The molecule has 0 aliphatic carbocycles. The van der Waals surface area contributed by atoms with Crippen molar-refractivity contribution in [2.75, 3.05) is 11.1 Å². The number of hydrogen-bond donors (Lipinski definition) is 1. The van der Waals surface area contributed by atoms with Crippen molar-refractivity contribution in [1.82, 2.24) is 10.2 Å². The lowest BCUT2D eigenvalue weighted by atomic mass is 10.1. The van der Waals surface area contributed by atoms with Gasteiger partial charge in [-0.25, -0.2) is 0 Å². The lowest BCUT2D eigenvalue weighted by Crippen LogP contribution is -2.07. The Hall–Kier alpha value is -2.64. The highest BCUT2D eigenvalue weighted by Crippen LogP contribution is 2.28. The lowest BCUT2D eigenvalue weighted by molar-refractivity contribution is -0.114. The number of anilines is 1. The summed E-state index contributed by atoms with van der Waals surface area (Å²) in [5, 5.41) is 11.4. The monoisotopic (exact) mass is 387 g/mol. The number of carbonyl (C=O) groups is 2. The van der Waals surface area contributed by atoms with Crippen molar-refractivity contribution in [3.05, 3.63) is 59.1 Å². The molecule has 0 aliphatic rings. The molecule has 2 aromatic carbocycles. The van der Waals surface area contributed by atoms with Crippen molar-refractivity contribution in [1.29, 1.82) is 0 Å². The van der Waals surface area contributed by atoms with Crippen LogP contribution in [0.15, 0.2) is 58.2 Å². The number of Topliss-reactive ketones (excluding diaryl/α,β-unsaturated/α-hetero) is 1. The number of aromatic nitrogens is 2. The van der Waals surface area contributed by atoms with Gasteiger partial charge in [0.2, 0.25) is 11.8 Å². The summed E-state index contributed by atoms with van der Waals surface area (Å²) in [7, 11) is 0. The van der Waals surface area contributed by atoms with Gasteiger partial charge in [-0.05, 0) is 36.4 Å². The zero-order valence-corrected chi connectivity index (χ0v) is 15.3. The van der Waals surface area contributed by atoms with E-state index in [2.05, 4.69) is 15.5 Å². The summed E-state index contributed by atoms with van der Waals surface area (Å²) in [6.07, 6.45) is 0. The summed E-state index contributed by atoms with van der Waals surface area (Å²) >= 11 is 7.26. The van der Waals surface area contributed by atoms with E-state index in [0.29, 0.717) is 33.0 Å². The van der Waals surface area contributed by atoms with Gasteiger partial charge in [0.15, 0.2) is 5.78 Å². The van der Waals surface area contributed by atoms with Gasteiger partial charge < -0.3 is 9.73 Å².